The molecule has 1 atom stereocenters. The largest absolute Gasteiger partial charge is 0.456 e. The molecule has 2 rings (SSSR count). The van der Waals surface area contributed by atoms with Crippen LogP contribution in [0.5, 0.6) is 0 Å². The minimum atomic E-state index is -0.0250. The summed E-state index contributed by atoms with van der Waals surface area (Å²) in [7, 11) is 0. The molecule has 4 nitrogen and oxygen atoms in total. The lowest BCUT2D eigenvalue weighted by atomic mass is 10.1. The summed E-state index contributed by atoms with van der Waals surface area (Å²) in [5.41, 5.74) is 6.93. The number of nitrogens with zero attached hydrogens (tertiary/aromatic N) is 1. The molecule has 1 amide bonds. The second-order valence-corrected chi connectivity index (χ2v) is 4.72. The van der Waals surface area contributed by atoms with Crippen molar-refractivity contribution in [2.24, 2.45) is 5.73 Å². The average Bonchev–Trinajstić information content (AvgIpc) is 2.69. The first-order chi connectivity index (χ1) is 8.11. The number of rotatable bonds is 2. The van der Waals surface area contributed by atoms with Crippen LogP contribution in [0.25, 0.3) is 0 Å². The van der Waals surface area contributed by atoms with Crippen molar-refractivity contribution in [2.45, 2.75) is 39.2 Å². The van der Waals surface area contributed by atoms with Gasteiger partial charge in [-0.25, -0.2) is 0 Å². The van der Waals surface area contributed by atoms with E-state index in [1.165, 1.54) is 0 Å². The molecule has 1 aromatic rings. The van der Waals surface area contributed by atoms with Crippen LogP contribution in [0.1, 0.15) is 41.6 Å². The Bertz CT molecular complexity index is 417. The Morgan fingerprint density at radius 1 is 1.61 bits per heavy atom. The van der Waals surface area contributed by atoms with E-state index >= 15 is 0 Å². The molecule has 0 aliphatic carbocycles. The third kappa shape index (κ3) is 3.06. The molecule has 1 unspecified atom stereocenters. The van der Waals surface area contributed by atoms with E-state index in [1.807, 2.05) is 19.9 Å². The molecule has 2 N–H and O–H groups in total. The van der Waals surface area contributed by atoms with Gasteiger partial charge in [-0.3, -0.25) is 4.79 Å². The summed E-state index contributed by atoms with van der Waals surface area (Å²) in [6.45, 7) is 5.42. The van der Waals surface area contributed by atoms with E-state index < -0.39 is 0 Å². The third-order valence-corrected chi connectivity index (χ3v) is 3.30. The zero-order valence-electron chi connectivity index (χ0n) is 10.9. The number of carbonyl (C=O) groups excluding carboxylic acids is 1. The molecule has 5 heteroatoms. The lowest BCUT2D eigenvalue weighted by Gasteiger charge is -2.30. The number of nitrogens with two attached hydrogens (primary N) is 1. The molecule has 1 saturated heterocycles. The number of hydrogen-bond donors (Lipinski definition) is 1. The molecular weight excluding hydrogens is 252 g/mol. The highest BCUT2D eigenvalue weighted by atomic mass is 35.5. The fourth-order valence-corrected chi connectivity index (χ4v) is 2.33. The Morgan fingerprint density at radius 2 is 2.33 bits per heavy atom. The maximum atomic E-state index is 12.2. The van der Waals surface area contributed by atoms with Gasteiger partial charge in [-0.15, -0.1) is 12.4 Å². The van der Waals surface area contributed by atoms with E-state index in [1.54, 1.807) is 4.90 Å². The van der Waals surface area contributed by atoms with Crippen molar-refractivity contribution in [1.82, 2.24) is 4.90 Å². The van der Waals surface area contributed by atoms with Crippen LogP contribution in [-0.2, 0) is 6.42 Å². The first kappa shape index (κ1) is 15.1. The van der Waals surface area contributed by atoms with Gasteiger partial charge in [0.05, 0.1) is 0 Å². The fourth-order valence-electron chi connectivity index (χ4n) is 2.33. The SMILES string of the molecule is CCc1oc(C(=O)N2CCCC(N)C2)cc1C.Cl. The van der Waals surface area contributed by atoms with E-state index in [0.717, 1.165) is 37.1 Å². The quantitative estimate of drug-likeness (QED) is 0.897. The molecule has 1 aliphatic rings. The van der Waals surface area contributed by atoms with Crippen LogP contribution in [0, 0.1) is 6.92 Å². The molecule has 1 aliphatic heterocycles. The van der Waals surface area contributed by atoms with Gasteiger partial charge in [0, 0.05) is 25.6 Å². The summed E-state index contributed by atoms with van der Waals surface area (Å²) in [6.07, 6.45) is 2.80. The number of hydrogen-bond acceptors (Lipinski definition) is 3. The van der Waals surface area contributed by atoms with Gasteiger partial charge in [0.15, 0.2) is 5.76 Å². The monoisotopic (exact) mass is 272 g/mol. The molecule has 2 heterocycles. The van der Waals surface area contributed by atoms with Crippen molar-refractivity contribution in [3.8, 4) is 0 Å². The van der Waals surface area contributed by atoms with Crippen molar-refractivity contribution in [3.05, 3.63) is 23.2 Å². The molecular formula is C13H21ClN2O2. The van der Waals surface area contributed by atoms with Gasteiger partial charge in [0.25, 0.3) is 5.91 Å². The highest BCUT2D eigenvalue weighted by Gasteiger charge is 2.24. The predicted molar refractivity (Wildman–Crippen MR) is 73.2 cm³/mol. The Balaban J connectivity index is 0.00000162. The number of amides is 1. The summed E-state index contributed by atoms with van der Waals surface area (Å²) < 4.78 is 5.58. The van der Waals surface area contributed by atoms with Crippen LogP contribution < -0.4 is 5.73 Å². The zero-order valence-corrected chi connectivity index (χ0v) is 11.8. The second kappa shape index (κ2) is 6.25. The smallest absolute Gasteiger partial charge is 0.289 e. The normalized spacial score (nSPS) is 19.5. The molecule has 0 spiro atoms. The third-order valence-electron chi connectivity index (χ3n) is 3.30. The molecule has 0 saturated carbocycles. The topological polar surface area (TPSA) is 59.5 Å². The summed E-state index contributed by atoms with van der Waals surface area (Å²) in [5, 5.41) is 0. The lowest BCUT2D eigenvalue weighted by Crippen LogP contribution is -2.45. The number of furan rings is 1. The number of likely N-dealkylation sites (tertiary alicyclic amines) is 1. The van der Waals surface area contributed by atoms with Gasteiger partial charge < -0.3 is 15.1 Å². The molecule has 18 heavy (non-hydrogen) atoms. The minimum absolute atomic E-state index is 0. The van der Waals surface area contributed by atoms with Crippen LogP contribution in [0.15, 0.2) is 10.5 Å². The average molecular weight is 273 g/mol. The molecule has 1 aromatic heterocycles. The first-order valence-electron chi connectivity index (χ1n) is 6.26. The van der Waals surface area contributed by atoms with Crippen LogP contribution in [-0.4, -0.2) is 29.9 Å². The van der Waals surface area contributed by atoms with E-state index in [-0.39, 0.29) is 24.4 Å². The van der Waals surface area contributed by atoms with Crippen LogP contribution >= 0.6 is 12.4 Å². The first-order valence-corrected chi connectivity index (χ1v) is 6.26. The number of carbonyl (C=O) groups is 1. The maximum absolute atomic E-state index is 12.2. The van der Waals surface area contributed by atoms with Crippen molar-refractivity contribution >= 4 is 18.3 Å². The summed E-state index contributed by atoms with van der Waals surface area (Å²) in [4.78, 5) is 14.0. The van der Waals surface area contributed by atoms with E-state index in [9.17, 15) is 4.79 Å². The van der Waals surface area contributed by atoms with E-state index in [4.69, 9.17) is 10.2 Å². The highest BCUT2D eigenvalue weighted by molar-refractivity contribution is 5.91. The molecule has 0 radical (unpaired) electrons. The predicted octanol–water partition coefficient (Wildman–Crippen LogP) is 2.14. The van der Waals surface area contributed by atoms with Gasteiger partial charge in [-0.05, 0) is 31.4 Å². The Morgan fingerprint density at radius 3 is 2.89 bits per heavy atom. The lowest BCUT2D eigenvalue weighted by molar-refractivity contribution is 0.0675. The van der Waals surface area contributed by atoms with Crippen LogP contribution in [0.2, 0.25) is 0 Å². The van der Waals surface area contributed by atoms with Crippen molar-refractivity contribution in [2.75, 3.05) is 13.1 Å². The second-order valence-electron chi connectivity index (χ2n) is 4.72. The molecule has 102 valence electrons. The number of aryl methyl sites for hydroxylation is 2. The Hall–Kier alpha value is -1.00. The van der Waals surface area contributed by atoms with Gasteiger partial charge >= 0.3 is 0 Å². The Kier molecular flexibility index (Phi) is 5.23. The van der Waals surface area contributed by atoms with Crippen LogP contribution in [0.4, 0.5) is 0 Å². The van der Waals surface area contributed by atoms with Crippen LogP contribution in [0.3, 0.4) is 0 Å². The minimum Gasteiger partial charge on any atom is -0.456 e. The van der Waals surface area contributed by atoms with E-state index in [0.29, 0.717) is 12.3 Å². The van der Waals surface area contributed by atoms with Crippen molar-refractivity contribution in [1.29, 1.82) is 0 Å². The zero-order chi connectivity index (χ0) is 12.4. The van der Waals surface area contributed by atoms with Crippen molar-refractivity contribution in [3.63, 3.8) is 0 Å². The molecule has 0 bridgehead atoms. The number of piperidine rings is 1. The molecule has 0 aromatic carbocycles. The maximum Gasteiger partial charge on any atom is 0.289 e. The molecule has 1 fully saturated rings. The fraction of sp³-hybridized carbons (Fsp3) is 0.615. The highest BCUT2D eigenvalue weighted by Crippen LogP contribution is 2.18. The summed E-state index contributed by atoms with van der Waals surface area (Å²) >= 11 is 0. The van der Waals surface area contributed by atoms with Gasteiger partial charge in [0.2, 0.25) is 0 Å². The Labute approximate surface area is 114 Å². The standard InChI is InChI=1S/C13H20N2O2.ClH/c1-3-11-9(2)7-12(17-11)13(16)15-6-4-5-10(14)8-15;/h7,10H,3-6,8,14H2,1-2H3;1H. The van der Waals surface area contributed by atoms with E-state index in [2.05, 4.69) is 0 Å². The van der Waals surface area contributed by atoms with Gasteiger partial charge in [-0.1, -0.05) is 6.92 Å². The van der Waals surface area contributed by atoms with Crippen molar-refractivity contribution < 1.29 is 9.21 Å². The summed E-state index contributed by atoms with van der Waals surface area (Å²) in [5.74, 6) is 1.33. The van der Waals surface area contributed by atoms with Gasteiger partial charge in [0.1, 0.15) is 5.76 Å². The van der Waals surface area contributed by atoms with Gasteiger partial charge in [-0.2, -0.15) is 0 Å². The number of halogens is 1. The summed E-state index contributed by atoms with van der Waals surface area (Å²) in [6, 6.07) is 1.94.